The lowest BCUT2D eigenvalue weighted by Crippen LogP contribution is -2.34. The standard InChI is InChI=1S/C11H16BrNO/c1-13-10-5-3-2-4-8(10)11-9(12)6-7-14-11/h6-8,10,13H,2-5H2,1H3. The summed E-state index contributed by atoms with van der Waals surface area (Å²) < 4.78 is 6.66. The quantitative estimate of drug-likeness (QED) is 0.880. The van der Waals surface area contributed by atoms with Gasteiger partial charge in [-0.2, -0.15) is 0 Å². The summed E-state index contributed by atoms with van der Waals surface area (Å²) in [4.78, 5) is 0. The molecule has 14 heavy (non-hydrogen) atoms. The minimum atomic E-state index is 0.540. The molecule has 1 aromatic rings. The van der Waals surface area contributed by atoms with Crippen molar-refractivity contribution >= 4 is 15.9 Å². The van der Waals surface area contributed by atoms with Gasteiger partial charge in [0.1, 0.15) is 5.76 Å². The van der Waals surface area contributed by atoms with Crippen LogP contribution in [-0.2, 0) is 0 Å². The van der Waals surface area contributed by atoms with Crippen molar-refractivity contribution in [1.29, 1.82) is 0 Å². The van der Waals surface area contributed by atoms with Crippen molar-refractivity contribution in [3.63, 3.8) is 0 Å². The predicted octanol–water partition coefficient (Wildman–Crippen LogP) is 3.29. The van der Waals surface area contributed by atoms with E-state index < -0.39 is 0 Å². The number of rotatable bonds is 2. The Morgan fingerprint density at radius 1 is 1.43 bits per heavy atom. The highest BCUT2D eigenvalue weighted by Gasteiger charge is 2.28. The zero-order valence-electron chi connectivity index (χ0n) is 8.42. The van der Waals surface area contributed by atoms with Crippen LogP contribution in [0, 0.1) is 0 Å². The first-order valence-corrected chi connectivity index (χ1v) is 6.02. The molecule has 1 aromatic heterocycles. The molecule has 2 atom stereocenters. The summed E-state index contributed by atoms with van der Waals surface area (Å²) in [6.45, 7) is 0. The van der Waals surface area contributed by atoms with Crippen molar-refractivity contribution in [2.75, 3.05) is 7.05 Å². The lowest BCUT2D eigenvalue weighted by molar-refractivity contribution is 0.303. The van der Waals surface area contributed by atoms with Crippen LogP contribution in [0.4, 0.5) is 0 Å². The first-order valence-electron chi connectivity index (χ1n) is 5.23. The highest BCUT2D eigenvalue weighted by atomic mass is 79.9. The van der Waals surface area contributed by atoms with Gasteiger partial charge in [-0.15, -0.1) is 0 Å². The molecule has 1 saturated carbocycles. The largest absolute Gasteiger partial charge is 0.468 e. The first-order chi connectivity index (χ1) is 6.83. The maximum Gasteiger partial charge on any atom is 0.122 e. The molecule has 1 heterocycles. The van der Waals surface area contributed by atoms with Gasteiger partial charge < -0.3 is 9.73 Å². The third-order valence-electron chi connectivity index (χ3n) is 3.12. The maximum atomic E-state index is 5.55. The van der Waals surface area contributed by atoms with Gasteiger partial charge in [-0.25, -0.2) is 0 Å². The molecular formula is C11H16BrNO. The fourth-order valence-corrected chi connectivity index (χ4v) is 2.86. The van der Waals surface area contributed by atoms with E-state index in [-0.39, 0.29) is 0 Å². The second kappa shape index (κ2) is 4.49. The number of likely N-dealkylation sites (N-methyl/N-ethyl adjacent to an activating group) is 1. The van der Waals surface area contributed by atoms with Crippen LogP contribution in [0.15, 0.2) is 21.2 Å². The fraction of sp³-hybridized carbons (Fsp3) is 0.636. The highest BCUT2D eigenvalue weighted by molar-refractivity contribution is 9.10. The molecule has 1 aliphatic carbocycles. The summed E-state index contributed by atoms with van der Waals surface area (Å²) in [6.07, 6.45) is 6.91. The van der Waals surface area contributed by atoms with Gasteiger partial charge in [-0.3, -0.25) is 0 Å². The Labute approximate surface area is 93.2 Å². The van der Waals surface area contributed by atoms with Crippen molar-refractivity contribution in [3.8, 4) is 0 Å². The van der Waals surface area contributed by atoms with Gasteiger partial charge in [0.2, 0.25) is 0 Å². The van der Waals surface area contributed by atoms with Gasteiger partial charge in [-0.1, -0.05) is 12.8 Å². The number of hydrogen-bond acceptors (Lipinski definition) is 2. The lowest BCUT2D eigenvalue weighted by Gasteiger charge is -2.30. The summed E-state index contributed by atoms with van der Waals surface area (Å²) in [6, 6.07) is 2.56. The molecule has 0 spiro atoms. The second-order valence-electron chi connectivity index (χ2n) is 3.92. The van der Waals surface area contributed by atoms with Crippen LogP contribution in [0.5, 0.6) is 0 Å². The fourth-order valence-electron chi connectivity index (χ4n) is 2.36. The van der Waals surface area contributed by atoms with Crippen LogP contribution in [0.1, 0.15) is 37.4 Å². The maximum absolute atomic E-state index is 5.55. The molecule has 1 fully saturated rings. The minimum absolute atomic E-state index is 0.540. The van der Waals surface area contributed by atoms with E-state index in [9.17, 15) is 0 Å². The Bertz CT molecular complexity index is 297. The van der Waals surface area contributed by atoms with E-state index in [2.05, 4.69) is 21.2 Å². The van der Waals surface area contributed by atoms with E-state index in [0.29, 0.717) is 12.0 Å². The molecule has 0 amide bonds. The molecule has 0 bridgehead atoms. The summed E-state index contributed by atoms with van der Waals surface area (Å²) >= 11 is 3.54. The van der Waals surface area contributed by atoms with Gasteiger partial charge in [-0.05, 0) is 41.9 Å². The van der Waals surface area contributed by atoms with E-state index in [1.165, 1.54) is 25.7 Å². The first kappa shape index (κ1) is 10.2. The average Bonchev–Trinajstić information content (AvgIpc) is 2.64. The summed E-state index contributed by atoms with van der Waals surface area (Å²) in [5, 5.41) is 3.39. The number of furan rings is 1. The molecule has 2 unspecified atom stereocenters. The average molecular weight is 258 g/mol. The summed E-state index contributed by atoms with van der Waals surface area (Å²) in [7, 11) is 2.04. The Morgan fingerprint density at radius 2 is 2.21 bits per heavy atom. The Hall–Kier alpha value is -0.280. The normalized spacial score (nSPS) is 27.9. The van der Waals surface area contributed by atoms with Crippen LogP contribution in [0.2, 0.25) is 0 Å². The smallest absolute Gasteiger partial charge is 0.122 e. The molecular weight excluding hydrogens is 242 g/mol. The topological polar surface area (TPSA) is 25.2 Å². The monoisotopic (exact) mass is 257 g/mol. The van der Waals surface area contributed by atoms with Crippen molar-refractivity contribution in [2.45, 2.75) is 37.6 Å². The highest BCUT2D eigenvalue weighted by Crippen LogP contribution is 2.36. The molecule has 0 radical (unpaired) electrons. The van der Waals surface area contributed by atoms with Gasteiger partial charge in [0, 0.05) is 12.0 Å². The molecule has 0 aliphatic heterocycles. The van der Waals surface area contributed by atoms with E-state index in [4.69, 9.17) is 4.42 Å². The van der Waals surface area contributed by atoms with Crippen molar-refractivity contribution in [1.82, 2.24) is 5.32 Å². The molecule has 2 nitrogen and oxygen atoms in total. The van der Waals surface area contributed by atoms with E-state index >= 15 is 0 Å². The number of nitrogens with one attached hydrogen (secondary N) is 1. The van der Waals surface area contributed by atoms with Crippen LogP contribution < -0.4 is 5.32 Å². The van der Waals surface area contributed by atoms with E-state index in [0.717, 1.165) is 10.2 Å². The SMILES string of the molecule is CNC1CCCCC1c1occc1Br. The molecule has 0 aromatic carbocycles. The molecule has 2 rings (SSSR count). The van der Waals surface area contributed by atoms with Gasteiger partial charge >= 0.3 is 0 Å². The second-order valence-corrected chi connectivity index (χ2v) is 4.77. The van der Waals surface area contributed by atoms with Gasteiger partial charge in [0.15, 0.2) is 0 Å². The lowest BCUT2D eigenvalue weighted by atomic mass is 9.83. The number of halogens is 1. The van der Waals surface area contributed by atoms with Crippen molar-refractivity contribution in [3.05, 3.63) is 22.6 Å². The van der Waals surface area contributed by atoms with Gasteiger partial charge in [0.05, 0.1) is 10.7 Å². The third-order valence-corrected chi connectivity index (χ3v) is 3.77. The summed E-state index contributed by atoms with van der Waals surface area (Å²) in [5.41, 5.74) is 0. The van der Waals surface area contributed by atoms with Gasteiger partial charge in [0.25, 0.3) is 0 Å². The molecule has 0 saturated heterocycles. The van der Waals surface area contributed by atoms with E-state index in [1.807, 2.05) is 13.1 Å². The zero-order valence-corrected chi connectivity index (χ0v) is 10.0. The summed E-state index contributed by atoms with van der Waals surface area (Å²) in [5.74, 6) is 1.65. The minimum Gasteiger partial charge on any atom is -0.468 e. The Balaban J connectivity index is 2.19. The Kier molecular flexibility index (Phi) is 3.29. The molecule has 3 heteroatoms. The molecule has 1 N–H and O–H groups in total. The van der Waals surface area contributed by atoms with Crippen molar-refractivity contribution in [2.24, 2.45) is 0 Å². The zero-order chi connectivity index (χ0) is 9.97. The predicted molar refractivity (Wildman–Crippen MR) is 60.5 cm³/mol. The number of hydrogen-bond donors (Lipinski definition) is 1. The van der Waals surface area contributed by atoms with Crippen LogP contribution in [0.3, 0.4) is 0 Å². The van der Waals surface area contributed by atoms with Crippen molar-refractivity contribution < 1.29 is 4.42 Å². The van der Waals surface area contributed by atoms with Crippen LogP contribution in [-0.4, -0.2) is 13.1 Å². The third kappa shape index (κ3) is 1.89. The van der Waals surface area contributed by atoms with E-state index in [1.54, 1.807) is 6.26 Å². The van der Waals surface area contributed by atoms with Crippen LogP contribution in [0.25, 0.3) is 0 Å². The molecule has 1 aliphatic rings. The Morgan fingerprint density at radius 3 is 2.86 bits per heavy atom. The van der Waals surface area contributed by atoms with Crippen LogP contribution >= 0.6 is 15.9 Å². The molecule has 78 valence electrons.